The molecule has 0 unspecified atom stereocenters. The van der Waals surface area contributed by atoms with Crippen molar-refractivity contribution in [3.05, 3.63) is 29.3 Å². The molecule has 0 aliphatic heterocycles. The lowest BCUT2D eigenvalue weighted by Crippen LogP contribution is -2.00. The van der Waals surface area contributed by atoms with Crippen molar-refractivity contribution in [3.63, 3.8) is 0 Å². The van der Waals surface area contributed by atoms with Crippen LogP contribution in [0.3, 0.4) is 0 Å². The molecule has 0 spiro atoms. The van der Waals surface area contributed by atoms with Crippen molar-refractivity contribution in [1.82, 2.24) is 0 Å². The monoisotopic (exact) mass is 194 g/mol. The quantitative estimate of drug-likeness (QED) is 0.589. The summed E-state index contributed by atoms with van der Waals surface area (Å²) in [6.07, 6.45) is 1.06. The average molecular weight is 194 g/mol. The summed E-state index contributed by atoms with van der Waals surface area (Å²) in [7, 11) is 0. The van der Waals surface area contributed by atoms with Gasteiger partial charge in [0.1, 0.15) is 12.1 Å². The number of ketones is 1. The summed E-state index contributed by atoms with van der Waals surface area (Å²) in [6, 6.07) is 5.19. The minimum Gasteiger partial charge on any atom is -0.300 e. The third kappa shape index (κ3) is 2.70. The number of hydrogen-bond donors (Lipinski definition) is 1. The second kappa shape index (κ2) is 4.23. The molecule has 0 atom stereocenters. The first-order chi connectivity index (χ1) is 6.13. The topological polar surface area (TPSA) is 34.1 Å². The van der Waals surface area contributed by atoms with Gasteiger partial charge < -0.3 is 0 Å². The molecule has 0 saturated heterocycles. The number of hydrogen-bond acceptors (Lipinski definition) is 3. The molecule has 0 aromatic heterocycles. The first kappa shape index (κ1) is 9.99. The Balaban J connectivity index is 3.05. The zero-order valence-corrected chi connectivity index (χ0v) is 8.17. The van der Waals surface area contributed by atoms with Crippen LogP contribution in [0.1, 0.15) is 22.8 Å². The van der Waals surface area contributed by atoms with Crippen molar-refractivity contribution < 1.29 is 9.59 Å². The van der Waals surface area contributed by atoms with Crippen LogP contribution in [0.15, 0.2) is 23.1 Å². The number of aldehydes is 1. The normalized spacial score (nSPS) is 9.69. The molecular formula is C10H10O2S. The number of carbonyl (C=O) groups is 2. The van der Waals surface area contributed by atoms with Gasteiger partial charge in [-0.1, -0.05) is 6.07 Å². The minimum atomic E-state index is 0.0509. The SMILES string of the molecule is CC(=O)Cc1ccc(S)cc1C=O. The molecule has 0 heterocycles. The largest absolute Gasteiger partial charge is 0.300 e. The summed E-state index contributed by atoms with van der Waals surface area (Å²) in [5, 5.41) is 0. The van der Waals surface area contributed by atoms with E-state index in [2.05, 4.69) is 12.6 Å². The molecule has 1 aromatic rings. The molecule has 1 aromatic carbocycles. The van der Waals surface area contributed by atoms with Crippen LogP contribution < -0.4 is 0 Å². The molecule has 0 aliphatic carbocycles. The molecule has 2 nitrogen and oxygen atoms in total. The highest BCUT2D eigenvalue weighted by Gasteiger charge is 2.04. The third-order valence-electron chi connectivity index (χ3n) is 1.70. The standard InChI is InChI=1S/C10H10O2S/c1-7(12)4-8-2-3-10(13)5-9(8)6-11/h2-3,5-6,13H,4H2,1H3. The highest BCUT2D eigenvalue weighted by Crippen LogP contribution is 2.13. The molecule has 0 aliphatic rings. The fourth-order valence-corrected chi connectivity index (χ4v) is 1.33. The fraction of sp³-hybridized carbons (Fsp3) is 0.200. The number of benzene rings is 1. The summed E-state index contributed by atoms with van der Waals surface area (Å²) in [5.74, 6) is 0.0509. The molecule has 13 heavy (non-hydrogen) atoms. The van der Waals surface area contributed by atoms with Crippen LogP contribution in [0.2, 0.25) is 0 Å². The van der Waals surface area contributed by atoms with Crippen molar-refractivity contribution in [3.8, 4) is 0 Å². The molecule has 3 heteroatoms. The van der Waals surface area contributed by atoms with Crippen molar-refractivity contribution in [2.75, 3.05) is 0 Å². The maximum Gasteiger partial charge on any atom is 0.150 e. The maximum absolute atomic E-state index is 10.8. The van der Waals surface area contributed by atoms with Crippen LogP contribution in [0, 0.1) is 0 Å². The predicted octanol–water partition coefficient (Wildman–Crippen LogP) is 1.92. The van der Waals surface area contributed by atoms with Crippen LogP contribution in [-0.2, 0) is 11.2 Å². The number of thiol groups is 1. The van der Waals surface area contributed by atoms with E-state index in [0.717, 1.165) is 16.7 Å². The van der Waals surface area contributed by atoms with Gasteiger partial charge in [0.15, 0.2) is 0 Å². The Morgan fingerprint density at radius 1 is 1.54 bits per heavy atom. The highest BCUT2D eigenvalue weighted by atomic mass is 32.1. The van der Waals surface area contributed by atoms with Gasteiger partial charge in [-0.15, -0.1) is 12.6 Å². The van der Waals surface area contributed by atoms with E-state index in [1.807, 2.05) is 0 Å². The second-order valence-corrected chi connectivity index (χ2v) is 3.40. The van der Waals surface area contributed by atoms with Crippen LogP contribution in [0.4, 0.5) is 0 Å². The molecule has 0 saturated carbocycles. The first-order valence-electron chi connectivity index (χ1n) is 3.90. The van der Waals surface area contributed by atoms with Gasteiger partial charge in [-0.25, -0.2) is 0 Å². The summed E-state index contributed by atoms with van der Waals surface area (Å²) in [6.45, 7) is 1.50. The van der Waals surface area contributed by atoms with Gasteiger partial charge in [0.05, 0.1) is 0 Å². The van der Waals surface area contributed by atoms with E-state index in [4.69, 9.17) is 0 Å². The number of Topliss-reactive ketones (excluding diaryl/α,β-unsaturated/α-hetero) is 1. The lowest BCUT2D eigenvalue weighted by atomic mass is 10.0. The van der Waals surface area contributed by atoms with Gasteiger partial charge >= 0.3 is 0 Å². The Morgan fingerprint density at radius 2 is 2.23 bits per heavy atom. The molecule has 68 valence electrons. The summed E-state index contributed by atoms with van der Waals surface area (Å²) in [5.41, 5.74) is 1.31. The first-order valence-corrected chi connectivity index (χ1v) is 4.34. The summed E-state index contributed by atoms with van der Waals surface area (Å²) >= 11 is 4.10. The lowest BCUT2D eigenvalue weighted by Gasteiger charge is -2.02. The smallest absolute Gasteiger partial charge is 0.150 e. The van der Waals surface area contributed by atoms with Crippen LogP contribution in [0.25, 0.3) is 0 Å². The Morgan fingerprint density at radius 3 is 2.77 bits per heavy atom. The highest BCUT2D eigenvalue weighted by molar-refractivity contribution is 7.80. The number of rotatable bonds is 3. The van der Waals surface area contributed by atoms with Crippen molar-refractivity contribution in [1.29, 1.82) is 0 Å². The zero-order chi connectivity index (χ0) is 9.84. The summed E-state index contributed by atoms with van der Waals surface area (Å²) < 4.78 is 0. The van der Waals surface area contributed by atoms with Gasteiger partial charge in [-0.2, -0.15) is 0 Å². The number of carbonyl (C=O) groups excluding carboxylic acids is 2. The van der Waals surface area contributed by atoms with Crippen LogP contribution in [0.5, 0.6) is 0 Å². The Kier molecular flexibility index (Phi) is 3.25. The van der Waals surface area contributed by atoms with Crippen LogP contribution >= 0.6 is 12.6 Å². The van der Waals surface area contributed by atoms with E-state index in [1.165, 1.54) is 6.92 Å². The van der Waals surface area contributed by atoms with E-state index in [1.54, 1.807) is 18.2 Å². The fourth-order valence-electron chi connectivity index (χ4n) is 1.12. The van der Waals surface area contributed by atoms with E-state index < -0.39 is 0 Å². The zero-order valence-electron chi connectivity index (χ0n) is 7.28. The Bertz CT molecular complexity index is 345. The Labute approximate surface area is 82.4 Å². The molecular weight excluding hydrogens is 184 g/mol. The van der Waals surface area contributed by atoms with Crippen molar-refractivity contribution in [2.24, 2.45) is 0 Å². The molecule has 0 bridgehead atoms. The predicted molar refractivity (Wildman–Crippen MR) is 53.5 cm³/mol. The minimum absolute atomic E-state index is 0.0509. The van der Waals surface area contributed by atoms with Crippen molar-refractivity contribution in [2.45, 2.75) is 18.2 Å². The average Bonchev–Trinajstić information content (AvgIpc) is 2.07. The maximum atomic E-state index is 10.8. The lowest BCUT2D eigenvalue weighted by molar-refractivity contribution is -0.116. The van der Waals surface area contributed by atoms with Gasteiger partial charge in [0, 0.05) is 16.9 Å². The third-order valence-corrected chi connectivity index (χ3v) is 1.97. The Hall–Kier alpha value is -1.09. The summed E-state index contributed by atoms with van der Waals surface area (Å²) in [4.78, 5) is 22.2. The van der Waals surface area contributed by atoms with E-state index >= 15 is 0 Å². The molecule has 1 rings (SSSR count). The van der Waals surface area contributed by atoms with Gasteiger partial charge in [-0.05, 0) is 24.6 Å². The molecule has 0 radical (unpaired) electrons. The van der Waals surface area contributed by atoms with E-state index in [0.29, 0.717) is 12.0 Å². The van der Waals surface area contributed by atoms with Gasteiger partial charge in [0.25, 0.3) is 0 Å². The van der Waals surface area contributed by atoms with Gasteiger partial charge in [-0.3, -0.25) is 9.59 Å². The molecule has 0 amide bonds. The van der Waals surface area contributed by atoms with E-state index in [9.17, 15) is 9.59 Å². The second-order valence-electron chi connectivity index (χ2n) is 2.88. The van der Waals surface area contributed by atoms with Crippen molar-refractivity contribution >= 4 is 24.7 Å². The van der Waals surface area contributed by atoms with Crippen LogP contribution in [-0.4, -0.2) is 12.1 Å². The van der Waals surface area contributed by atoms with Gasteiger partial charge in [0.2, 0.25) is 0 Å². The molecule has 0 N–H and O–H groups in total. The molecule has 0 fully saturated rings. The van der Waals surface area contributed by atoms with E-state index in [-0.39, 0.29) is 5.78 Å².